The van der Waals surface area contributed by atoms with E-state index in [1.54, 1.807) is 25.4 Å². The molecule has 0 aliphatic carbocycles. The normalized spacial score (nSPS) is 16.8. The molecule has 1 fully saturated rings. The molecule has 38 heavy (non-hydrogen) atoms. The Kier molecular flexibility index (Phi) is 7.62. The fourth-order valence-corrected chi connectivity index (χ4v) is 5.18. The number of thiocarbonyl (C=S) groups is 1. The van der Waals surface area contributed by atoms with E-state index in [2.05, 4.69) is 15.6 Å². The van der Waals surface area contributed by atoms with E-state index in [0.717, 1.165) is 16.8 Å². The van der Waals surface area contributed by atoms with Crippen LogP contribution in [0.3, 0.4) is 0 Å². The van der Waals surface area contributed by atoms with E-state index in [9.17, 15) is 4.79 Å². The zero-order chi connectivity index (χ0) is 26.6. The molecule has 1 aliphatic heterocycles. The van der Waals surface area contributed by atoms with Gasteiger partial charge in [-0.05, 0) is 67.2 Å². The number of rotatable bonds is 8. The lowest BCUT2D eigenvalue weighted by molar-refractivity contribution is -0.116. The van der Waals surface area contributed by atoms with E-state index < -0.39 is 0 Å². The van der Waals surface area contributed by atoms with Gasteiger partial charge < -0.3 is 24.7 Å². The summed E-state index contributed by atoms with van der Waals surface area (Å²) in [6.07, 6.45) is 1.97. The maximum absolute atomic E-state index is 12.9. The van der Waals surface area contributed by atoms with Gasteiger partial charge in [-0.25, -0.2) is 0 Å². The predicted octanol–water partition coefficient (Wildman–Crippen LogP) is 6.31. The first kappa shape index (κ1) is 25.8. The van der Waals surface area contributed by atoms with Crippen molar-refractivity contribution in [2.24, 2.45) is 0 Å². The van der Waals surface area contributed by atoms with Gasteiger partial charge in [-0.3, -0.25) is 9.78 Å². The highest BCUT2D eigenvalue weighted by Gasteiger charge is 2.41. The fraction of sp³-hybridized carbons (Fsp3) is 0.207. The number of hydrogen-bond donors (Lipinski definition) is 2. The number of anilines is 1. The number of furan rings is 1. The number of amides is 1. The highest BCUT2D eigenvalue weighted by atomic mass is 35.5. The Bertz CT molecular complexity index is 1460. The zero-order valence-electron chi connectivity index (χ0n) is 21.0. The highest BCUT2D eigenvalue weighted by molar-refractivity contribution is 7.80. The summed E-state index contributed by atoms with van der Waals surface area (Å²) in [6.45, 7) is 2.35. The predicted molar refractivity (Wildman–Crippen MR) is 152 cm³/mol. The Labute approximate surface area is 231 Å². The average Bonchev–Trinajstić information content (AvgIpc) is 3.54. The van der Waals surface area contributed by atoms with Crippen LogP contribution in [0.5, 0.6) is 5.75 Å². The SMILES string of the molecule is COc1ccccc1NC(=O)CCN1C(=S)N[C@H](c2ccccn2)[C@H]1c1ccc(-c2cccc(Cl)c2C)o1. The van der Waals surface area contributed by atoms with Gasteiger partial charge in [0.05, 0.1) is 24.5 Å². The van der Waals surface area contributed by atoms with Gasteiger partial charge in [-0.15, -0.1) is 0 Å². The standard InChI is InChI=1S/C29H27ClN4O3S/c1-18-19(8-7-9-20(18)30)23-13-14-25(37-23)28-27(22-11-5-6-16-31-22)33-29(38)34(28)17-15-26(35)32-21-10-3-4-12-24(21)36-2/h3-14,16,27-28H,15,17H2,1-2H3,(H,32,35)(H,33,38)/t27-,28-/m1/s1. The van der Waals surface area contributed by atoms with Crippen LogP contribution in [0, 0.1) is 6.92 Å². The molecule has 7 nitrogen and oxygen atoms in total. The van der Waals surface area contributed by atoms with Gasteiger partial charge >= 0.3 is 0 Å². The molecule has 0 bridgehead atoms. The molecule has 0 spiro atoms. The number of carbonyl (C=O) groups excluding carboxylic acids is 1. The lowest BCUT2D eigenvalue weighted by Crippen LogP contribution is -2.32. The third-order valence-electron chi connectivity index (χ3n) is 6.61. The van der Waals surface area contributed by atoms with Gasteiger partial charge in [0.2, 0.25) is 5.91 Å². The topological polar surface area (TPSA) is 79.6 Å². The third-order valence-corrected chi connectivity index (χ3v) is 7.37. The van der Waals surface area contributed by atoms with Crippen LogP contribution >= 0.6 is 23.8 Å². The average molecular weight is 547 g/mol. The van der Waals surface area contributed by atoms with Crippen LogP contribution in [0.1, 0.15) is 35.5 Å². The zero-order valence-corrected chi connectivity index (χ0v) is 22.6. The second-order valence-corrected chi connectivity index (χ2v) is 9.73. The molecule has 2 atom stereocenters. The minimum absolute atomic E-state index is 0.146. The monoisotopic (exact) mass is 546 g/mol. The summed E-state index contributed by atoms with van der Waals surface area (Å²) < 4.78 is 11.8. The van der Waals surface area contributed by atoms with Crippen molar-refractivity contribution in [2.75, 3.05) is 19.0 Å². The Hall–Kier alpha value is -3.88. The summed E-state index contributed by atoms with van der Waals surface area (Å²) in [5.74, 6) is 1.89. The van der Waals surface area contributed by atoms with Crippen LogP contribution in [-0.4, -0.2) is 34.6 Å². The number of ether oxygens (including phenoxy) is 1. The first-order valence-corrected chi connectivity index (χ1v) is 13.0. The first-order chi connectivity index (χ1) is 18.5. The Morgan fingerprint density at radius 3 is 2.74 bits per heavy atom. The molecule has 194 valence electrons. The molecule has 5 rings (SSSR count). The van der Waals surface area contributed by atoms with E-state index in [1.807, 2.05) is 72.5 Å². The quantitative estimate of drug-likeness (QED) is 0.251. The third kappa shape index (κ3) is 5.23. The molecular formula is C29H27ClN4O3S. The summed E-state index contributed by atoms with van der Waals surface area (Å²) in [6, 6.07) is 22.2. The smallest absolute Gasteiger partial charge is 0.226 e. The van der Waals surface area contributed by atoms with E-state index >= 15 is 0 Å². The van der Waals surface area contributed by atoms with Crippen molar-refractivity contribution in [3.8, 4) is 17.1 Å². The number of methoxy groups -OCH3 is 1. The molecule has 2 N–H and O–H groups in total. The summed E-state index contributed by atoms with van der Waals surface area (Å²) >= 11 is 12.1. The second kappa shape index (κ2) is 11.2. The second-order valence-electron chi connectivity index (χ2n) is 8.93. The lowest BCUT2D eigenvalue weighted by atomic mass is 10.0. The van der Waals surface area contributed by atoms with Gasteiger partial charge in [0.15, 0.2) is 5.11 Å². The largest absolute Gasteiger partial charge is 0.495 e. The molecule has 0 radical (unpaired) electrons. The van der Waals surface area contributed by atoms with Crippen LogP contribution < -0.4 is 15.4 Å². The van der Waals surface area contributed by atoms with Gasteiger partial charge in [-0.1, -0.05) is 41.9 Å². The van der Waals surface area contributed by atoms with Crippen molar-refractivity contribution < 1.29 is 13.9 Å². The van der Waals surface area contributed by atoms with E-state index in [-0.39, 0.29) is 24.4 Å². The van der Waals surface area contributed by atoms with Crippen molar-refractivity contribution in [3.63, 3.8) is 0 Å². The number of para-hydroxylation sites is 2. The number of aromatic nitrogens is 1. The number of benzene rings is 2. The molecule has 1 aliphatic rings. The minimum Gasteiger partial charge on any atom is -0.495 e. The number of nitrogens with zero attached hydrogens (tertiary/aromatic N) is 2. The molecule has 1 amide bonds. The Balaban J connectivity index is 1.41. The summed E-state index contributed by atoms with van der Waals surface area (Å²) in [7, 11) is 1.57. The molecule has 0 saturated carbocycles. The lowest BCUT2D eigenvalue weighted by Gasteiger charge is -2.26. The molecule has 2 aromatic heterocycles. The molecule has 0 unspecified atom stereocenters. The van der Waals surface area contributed by atoms with Crippen molar-refractivity contribution in [3.05, 3.63) is 101 Å². The maximum Gasteiger partial charge on any atom is 0.226 e. The number of halogens is 1. The summed E-state index contributed by atoms with van der Waals surface area (Å²) in [4.78, 5) is 19.4. The van der Waals surface area contributed by atoms with Crippen molar-refractivity contribution >= 4 is 40.5 Å². The summed E-state index contributed by atoms with van der Waals surface area (Å²) in [5.41, 5.74) is 3.32. The molecule has 4 aromatic rings. The van der Waals surface area contributed by atoms with Crippen LogP contribution in [0.4, 0.5) is 5.69 Å². The van der Waals surface area contributed by atoms with Gasteiger partial charge in [0, 0.05) is 29.7 Å². The van der Waals surface area contributed by atoms with E-state index in [4.69, 9.17) is 33.0 Å². The fourth-order valence-electron chi connectivity index (χ4n) is 4.67. The molecule has 9 heteroatoms. The van der Waals surface area contributed by atoms with Crippen LogP contribution in [0.25, 0.3) is 11.3 Å². The number of nitrogens with one attached hydrogen (secondary N) is 2. The maximum atomic E-state index is 12.9. The van der Waals surface area contributed by atoms with E-state index in [1.165, 1.54) is 0 Å². The molecular weight excluding hydrogens is 520 g/mol. The van der Waals surface area contributed by atoms with Crippen LogP contribution in [-0.2, 0) is 4.79 Å². The van der Waals surface area contributed by atoms with Crippen molar-refractivity contribution in [1.82, 2.24) is 15.2 Å². The number of hydrogen-bond acceptors (Lipinski definition) is 5. The highest BCUT2D eigenvalue weighted by Crippen LogP contribution is 2.41. The number of pyridine rings is 1. The molecule has 2 aromatic carbocycles. The van der Waals surface area contributed by atoms with Crippen molar-refractivity contribution in [2.45, 2.75) is 25.4 Å². The Morgan fingerprint density at radius 2 is 1.95 bits per heavy atom. The molecule has 3 heterocycles. The van der Waals surface area contributed by atoms with Crippen molar-refractivity contribution in [1.29, 1.82) is 0 Å². The van der Waals surface area contributed by atoms with Gasteiger partial charge in [-0.2, -0.15) is 0 Å². The summed E-state index contributed by atoms with van der Waals surface area (Å²) in [5, 5.41) is 7.54. The molecule has 1 saturated heterocycles. The van der Waals surface area contributed by atoms with E-state index in [0.29, 0.717) is 39.6 Å². The Morgan fingerprint density at radius 1 is 1.13 bits per heavy atom. The van der Waals surface area contributed by atoms with Crippen LogP contribution in [0.15, 0.2) is 83.4 Å². The van der Waals surface area contributed by atoms with Gasteiger partial charge in [0.25, 0.3) is 0 Å². The first-order valence-electron chi connectivity index (χ1n) is 12.2. The van der Waals surface area contributed by atoms with Crippen LogP contribution in [0.2, 0.25) is 5.02 Å². The number of carbonyl (C=O) groups is 1. The minimum atomic E-state index is -0.301. The van der Waals surface area contributed by atoms with Gasteiger partial charge in [0.1, 0.15) is 23.3 Å².